The van der Waals surface area contributed by atoms with Crippen molar-refractivity contribution in [1.29, 1.82) is 0 Å². The maximum absolute atomic E-state index is 9.75. The predicted molar refractivity (Wildman–Crippen MR) is 58.4 cm³/mol. The quantitative estimate of drug-likeness (QED) is 0.702. The first-order valence-corrected chi connectivity index (χ1v) is 5.08. The van der Waals surface area contributed by atoms with E-state index in [0.29, 0.717) is 5.75 Å². The molecule has 0 spiro atoms. The van der Waals surface area contributed by atoms with E-state index in [0.717, 1.165) is 22.2 Å². The van der Waals surface area contributed by atoms with E-state index < -0.39 is 6.10 Å². The fourth-order valence-corrected chi connectivity index (χ4v) is 1.94. The Bertz CT molecular complexity index is 535. The lowest BCUT2D eigenvalue weighted by Gasteiger charge is -2.05. The van der Waals surface area contributed by atoms with E-state index in [1.807, 2.05) is 12.1 Å². The zero-order valence-electron chi connectivity index (χ0n) is 8.56. The smallest absolute Gasteiger partial charge is 0.231 e. The number of aromatic nitrogens is 1. The van der Waals surface area contributed by atoms with Gasteiger partial charge in [0.1, 0.15) is 0 Å². The summed E-state index contributed by atoms with van der Waals surface area (Å²) in [7, 11) is 0. The number of hydrogen-bond donors (Lipinski definition) is 3. The summed E-state index contributed by atoms with van der Waals surface area (Å²) in [5, 5.41) is 10.7. The number of aromatic amines is 1. The fraction of sp³-hybridized carbons (Fsp3) is 0.273. The molecule has 1 atom stereocenters. The number of benzene rings is 1. The highest BCUT2D eigenvalue weighted by Gasteiger charge is 2.18. The van der Waals surface area contributed by atoms with Gasteiger partial charge in [-0.1, -0.05) is 0 Å². The molecule has 1 unspecified atom stereocenters. The van der Waals surface area contributed by atoms with Gasteiger partial charge in [-0.05, 0) is 6.07 Å². The summed E-state index contributed by atoms with van der Waals surface area (Å²) in [6.07, 6.45) is 1.10. The van der Waals surface area contributed by atoms with Crippen LogP contribution in [0.3, 0.4) is 0 Å². The van der Waals surface area contributed by atoms with E-state index in [4.69, 9.17) is 15.2 Å². The molecule has 3 rings (SSSR count). The number of nitrogens with two attached hydrogens (primary N) is 1. The third kappa shape index (κ3) is 1.26. The average Bonchev–Trinajstić information content (AvgIpc) is 2.90. The van der Waals surface area contributed by atoms with E-state index in [1.165, 1.54) is 0 Å². The first kappa shape index (κ1) is 9.50. The Balaban J connectivity index is 2.19. The zero-order chi connectivity index (χ0) is 11.1. The number of rotatable bonds is 2. The number of aliphatic hydroxyl groups is 1. The molecule has 2 heterocycles. The van der Waals surface area contributed by atoms with Crippen molar-refractivity contribution in [2.24, 2.45) is 5.73 Å². The SMILES string of the molecule is NCC(O)c1c[nH]c2cc3c(cc12)OCO3. The number of ether oxygens (including phenoxy) is 2. The summed E-state index contributed by atoms with van der Waals surface area (Å²) < 4.78 is 10.6. The van der Waals surface area contributed by atoms with E-state index in [-0.39, 0.29) is 13.3 Å². The van der Waals surface area contributed by atoms with Crippen LogP contribution < -0.4 is 15.2 Å². The van der Waals surface area contributed by atoms with Gasteiger partial charge in [-0.3, -0.25) is 0 Å². The second kappa shape index (κ2) is 3.40. The molecule has 0 amide bonds. The van der Waals surface area contributed by atoms with Gasteiger partial charge in [-0.2, -0.15) is 0 Å². The summed E-state index contributed by atoms with van der Waals surface area (Å²) in [6.45, 7) is 0.443. The molecule has 1 aliphatic heterocycles. The number of fused-ring (bicyclic) bond motifs is 2. The van der Waals surface area contributed by atoms with Gasteiger partial charge in [0.25, 0.3) is 0 Å². The molecule has 2 aromatic rings. The lowest BCUT2D eigenvalue weighted by molar-refractivity contribution is 0.174. The van der Waals surface area contributed by atoms with Crippen LogP contribution in [0.1, 0.15) is 11.7 Å². The van der Waals surface area contributed by atoms with Crippen molar-refractivity contribution in [3.63, 3.8) is 0 Å². The van der Waals surface area contributed by atoms with Crippen molar-refractivity contribution in [2.45, 2.75) is 6.10 Å². The monoisotopic (exact) mass is 220 g/mol. The van der Waals surface area contributed by atoms with E-state index in [9.17, 15) is 5.11 Å². The van der Waals surface area contributed by atoms with E-state index in [2.05, 4.69) is 4.98 Å². The molecule has 4 N–H and O–H groups in total. The van der Waals surface area contributed by atoms with Gasteiger partial charge in [0.15, 0.2) is 11.5 Å². The molecule has 0 fully saturated rings. The van der Waals surface area contributed by atoms with Crippen LogP contribution in [0.4, 0.5) is 0 Å². The first-order valence-electron chi connectivity index (χ1n) is 5.08. The number of aliphatic hydroxyl groups excluding tert-OH is 1. The minimum absolute atomic E-state index is 0.196. The van der Waals surface area contributed by atoms with Crippen LogP contribution in [-0.2, 0) is 0 Å². The van der Waals surface area contributed by atoms with Crippen molar-refractivity contribution in [3.05, 3.63) is 23.9 Å². The molecular formula is C11H12N2O3. The van der Waals surface area contributed by atoms with Crippen molar-refractivity contribution < 1.29 is 14.6 Å². The highest BCUT2D eigenvalue weighted by Crippen LogP contribution is 2.37. The summed E-state index contributed by atoms with van der Waals surface area (Å²) in [6, 6.07) is 3.73. The molecule has 1 aromatic heterocycles. The normalized spacial score (nSPS) is 15.6. The molecule has 1 aliphatic rings. The Hall–Kier alpha value is -1.72. The lowest BCUT2D eigenvalue weighted by atomic mass is 10.1. The molecule has 0 aliphatic carbocycles. The zero-order valence-corrected chi connectivity index (χ0v) is 8.56. The lowest BCUT2D eigenvalue weighted by Crippen LogP contribution is -2.10. The second-order valence-electron chi connectivity index (χ2n) is 3.75. The van der Waals surface area contributed by atoms with E-state index >= 15 is 0 Å². The standard InChI is InChI=1S/C11H12N2O3/c12-3-9(14)7-4-13-8-2-11-10(1-6(7)8)15-5-16-11/h1-2,4,9,13-14H,3,5,12H2. The Morgan fingerprint density at radius 3 is 2.88 bits per heavy atom. The highest BCUT2D eigenvalue weighted by molar-refractivity contribution is 5.87. The van der Waals surface area contributed by atoms with Gasteiger partial charge < -0.3 is 25.3 Å². The maximum atomic E-state index is 9.75. The number of H-pyrrole nitrogens is 1. The third-order valence-electron chi connectivity index (χ3n) is 2.79. The highest BCUT2D eigenvalue weighted by atomic mass is 16.7. The number of nitrogens with one attached hydrogen (secondary N) is 1. The van der Waals surface area contributed by atoms with Crippen LogP contribution in [0, 0.1) is 0 Å². The second-order valence-corrected chi connectivity index (χ2v) is 3.75. The van der Waals surface area contributed by atoms with Crippen LogP contribution in [0.5, 0.6) is 11.5 Å². The summed E-state index contributed by atoms with van der Waals surface area (Å²) in [5.74, 6) is 1.43. The minimum Gasteiger partial charge on any atom is -0.454 e. The van der Waals surface area contributed by atoms with Gasteiger partial charge >= 0.3 is 0 Å². The Kier molecular flexibility index (Phi) is 2.02. The number of hydrogen-bond acceptors (Lipinski definition) is 4. The predicted octanol–water partition coefficient (Wildman–Crippen LogP) is 0.889. The van der Waals surface area contributed by atoms with Crippen LogP contribution in [0.2, 0.25) is 0 Å². The van der Waals surface area contributed by atoms with Crippen molar-refractivity contribution in [1.82, 2.24) is 4.98 Å². The summed E-state index contributed by atoms with van der Waals surface area (Å²) >= 11 is 0. The van der Waals surface area contributed by atoms with Crippen molar-refractivity contribution in [2.75, 3.05) is 13.3 Å². The van der Waals surface area contributed by atoms with Gasteiger partial charge in [0, 0.05) is 35.3 Å². The molecule has 0 radical (unpaired) electrons. The molecule has 5 nitrogen and oxygen atoms in total. The fourth-order valence-electron chi connectivity index (χ4n) is 1.94. The maximum Gasteiger partial charge on any atom is 0.231 e. The Morgan fingerprint density at radius 2 is 2.12 bits per heavy atom. The molecule has 84 valence electrons. The first-order chi connectivity index (χ1) is 7.79. The van der Waals surface area contributed by atoms with Crippen LogP contribution in [-0.4, -0.2) is 23.4 Å². The molecular weight excluding hydrogens is 208 g/mol. The van der Waals surface area contributed by atoms with E-state index in [1.54, 1.807) is 6.20 Å². The Labute approximate surface area is 91.8 Å². The largest absolute Gasteiger partial charge is 0.454 e. The molecule has 1 aromatic carbocycles. The van der Waals surface area contributed by atoms with Crippen molar-refractivity contribution >= 4 is 10.9 Å². The van der Waals surface area contributed by atoms with Crippen molar-refractivity contribution in [3.8, 4) is 11.5 Å². The van der Waals surface area contributed by atoms with Gasteiger partial charge in [-0.15, -0.1) is 0 Å². The van der Waals surface area contributed by atoms with Gasteiger partial charge in [0.05, 0.1) is 6.10 Å². The van der Waals surface area contributed by atoms with Crippen LogP contribution in [0.15, 0.2) is 18.3 Å². The molecule has 0 saturated heterocycles. The molecule has 0 saturated carbocycles. The molecule has 16 heavy (non-hydrogen) atoms. The summed E-state index contributed by atoms with van der Waals surface area (Å²) in [4.78, 5) is 3.08. The summed E-state index contributed by atoms with van der Waals surface area (Å²) in [5.41, 5.74) is 7.14. The van der Waals surface area contributed by atoms with Gasteiger partial charge in [-0.25, -0.2) is 0 Å². The minimum atomic E-state index is -0.658. The third-order valence-corrected chi connectivity index (χ3v) is 2.79. The average molecular weight is 220 g/mol. The topological polar surface area (TPSA) is 80.5 Å². The van der Waals surface area contributed by atoms with Gasteiger partial charge in [0.2, 0.25) is 6.79 Å². The van der Waals surface area contributed by atoms with Crippen LogP contribution >= 0.6 is 0 Å². The molecule has 0 bridgehead atoms. The van der Waals surface area contributed by atoms with Crippen LogP contribution in [0.25, 0.3) is 10.9 Å². The molecule has 5 heteroatoms. The Morgan fingerprint density at radius 1 is 1.38 bits per heavy atom.